The lowest BCUT2D eigenvalue weighted by Gasteiger charge is -2.20. The Balaban J connectivity index is 1.37. The fraction of sp³-hybridized carbons (Fsp3) is 0.375. The van der Waals surface area contributed by atoms with E-state index in [0.717, 1.165) is 30.0 Å². The third-order valence-corrected chi connectivity index (χ3v) is 5.84. The number of fused-ring (bicyclic) bond motifs is 1. The number of hydrogen-bond donors (Lipinski definition) is 1. The Hall–Kier alpha value is -3.40. The molecule has 1 amide bonds. The molecule has 0 spiro atoms. The fourth-order valence-electron chi connectivity index (χ4n) is 4.09. The van der Waals surface area contributed by atoms with Crippen molar-refractivity contribution in [2.75, 3.05) is 13.1 Å². The lowest BCUT2D eigenvalue weighted by molar-refractivity contribution is -0.274. The van der Waals surface area contributed by atoms with Crippen LogP contribution in [0.4, 0.5) is 13.2 Å². The summed E-state index contributed by atoms with van der Waals surface area (Å²) < 4.78 is 43.0. The zero-order valence-corrected chi connectivity index (χ0v) is 19.0. The van der Waals surface area contributed by atoms with Crippen LogP contribution in [-0.4, -0.2) is 45.0 Å². The largest absolute Gasteiger partial charge is 0.573 e. The number of aromatic nitrogens is 3. The second-order valence-corrected chi connectivity index (χ2v) is 8.35. The minimum Gasteiger partial charge on any atom is -0.406 e. The summed E-state index contributed by atoms with van der Waals surface area (Å²) in [7, 11) is 0. The molecule has 2 heterocycles. The van der Waals surface area contributed by atoms with E-state index >= 15 is 0 Å². The van der Waals surface area contributed by atoms with Crippen LogP contribution in [0.5, 0.6) is 5.75 Å². The van der Waals surface area contributed by atoms with Crippen molar-refractivity contribution in [2.45, 2.75) is 45.8 Å². The topological polar surface area (TPSA) is 72.3 Å². The molecule has 2 aromatic carbocycles. The molecular weight excluding hydrogens is 447 g/mol. The smallest absolute Gasteiger partial charge is 0.406 e. The van der Waals surface area contributed by atoms with E-state index < -0.39 is 6.36 Å². The number of amides is 1. The van der Waals surface area contributed by atoms with E-state index in [1.165, 1.54) is 12.1 Å². The number of carbonyl (C=O) groups excluding carboxylic acids is 1. The monoisotopic (exact) mass is 473 g/mol. The molecule has 1 aromatic heterocycles. The van der Waals surface area contributed by atoms with Crippen LogP contribution < -0.4 is 10.1 Å². The van der Waals surface area contributed by atoms with Crippen LogP contribution in [-0.2, 0) is 19.5 Å². The molecule has 0 unspecified atom stereocenters. The number of alkyl halides is 3. The number of benzene rings is 2. The number of nitrogens with one attached hydrogen (secondary N) is 1. The van der Waals surface area contributed by atoms with Crippen molar-refractivity contribution in [1.29, 1.82) is 0 Å². The van der Waals surface area contributed by atoms with Gasteiger partial charge in [-0.05, 0) is 43.2 Å². The highest BCUT2D eigenvalue weighted by Gasteiger charge is 2.31. The van der Waals surface area contributed by atoms with E-state index in [9.17, 15) is 18.0 Å². The highest BCUT2D eigenvalue weighted by Crippen LogP contribution is 2.23. The van der Waals surface area contributed by atoms with Gasteiger partial charge in [-0.25, -0.2) is 0 Å². The van der Waals surface area contributed by atoms with E-state index in [-0.39, 0.29) is 17.7 Å². The van der Waals surface area contributed by atoms with E-state index in [0.29, 0.717) is 30.9 Å². The molecule has 0 bridgehead atoms. The fourth-order valence-corrected chi connectivity index (χ4v) is 4.09. The lowest BCUT2D eigenvalue weighted by atomic mass is 10.1. The average molecular weight is 473 g/mol. The van der Waals surface area contributed by atoms with Gasteiger partial charge in [0, 0.05) is 38.2 Å². The third kappa shape index (κ3) is 5.74. The van der Waals surface area contributed by atoms with Gasteiger partial charge >= 0.3 is 6.36 Å². The van der Waals surface area contributed by atoms with E-state index in [1.807, 2.05) is 36.6 Å². The summed E-state index contributed by atoms with van der Waals surface area (Å²) in [5.41, 5.74) is 2.43. The van der Waals surface area contributed by atoms with Gasteiger partial charge in [0.15, 0.2) is 5.82 Å². The van der Waals surface area contributed by atoms with Gasteiger partial charge in [0.05, 0.1) is 6.04 Å². The zero-order chi connectivity index (χ0) is 24.3. The Bertz CT molecular complexity index is 1140. The van der Waals surface area contributed by atoms with Crippen LogP contribution in [0.15, 0.2) is 48.5 Å². The SMILES string of the molecule is Cc1ccccc1C(=O)N[C@@H](C)c1nnc2n1CCN(Cc1ccc(OC(F)(F)F)cc1)CC2. The molecule has 1 N–H and O–H groups in total. The molecule has 34 heavy (non-hydrogen) atoms. The molecule has 3 aromatic rings. The van der Waals surface area contributed by atoms with Crippen LogP contribution in [0, 0.1) is 6.92 Å². The Morgan fingerprint density at radius 3 is 2.53 bits per heavy atom. The summed E-state index contributed by atoms with van der Waals surface area (Å²) in [6.45, 7) is 6.49. The van der Waals surface area contributed by atoms with Gasteiger partial charge in [-0.2, -0.15) is 0 Å². The highest BCUT2D eigenvalue weighted by molar-refractivity contribution is 5.95. The number of aryl methyl sites for hydroxylation is 1. The van der Waals surface area contributed by atoms with Crippen LogP contribution in [0.25, 0.3) is 0 Å². The first-order valence-electron chi connectivity index (χ1n) is 11.0. The molecule has 0 radical (unpaired) electrons. The summed E-state index contributed by atoms with van der Waals surface area (Å²) >= 11 is 0. The summed E-state index contributed by atoms with van der Waals surface area (Å²) in [6.07, 6.45) is -4.02. The van der Waals surface area contributed by atoms with Crippen LogP contribution in [0.2, 0.25) is 0 Å². The van der Waals surface area contributed by atoms with Crippen molar-refractivity contribution < 1.29 is 22.7 Å². The van der Waals surface area contributed by atoms with Crippen molar-refractivity contribution in [1.82, 2.24) is 25.0 Å². The third-order valence-electron chi connectivity index (χ3n) is 5.84. The summed E-state index contributed by atoms with van der Waals surface area (Å²) in [5, 5.41) is 11.7. The molecule has 1 atom stereocenters. The van der Waals surface area contributed by atoms with Crippen molar-refractivity contribution in [3.8, 4) is 5.75 Å². The molecule has 0 saturated carbocycles. The average Bonchev–Trinajstić information content (AvgIpc) is 3.09. The molecule has 1 aliphatic rings. The minimum atomic E-state index is -4.70. The second-order valence-electron chi connectivity index (χ2n) is 8.35. The Kier molecular flexibility index (Phi) is 6.87. The maximum absolute atomic E-state index is 12.7. The van der Waals surface area contributed by atoms with E-state index in [2.05, 4.69) is 25.2 Å². The molecule has 1 aliphatic heterocycles. The molecule has 7 nitrogen and oxygen atoms in total. The van der Waals surface area contributed by atoms with Gasteiger partial charge < -0.3 is 14.6 Å². The maximum Gasteiger partial charge on any atom is 0.573 e. The molecule has 0 aliphatic carbocycles. The summed E-state index contributed by atoms with van der Waals surface area (Å²) in [4.78, 5) is 14.9. The Labute approximate surface area is 195 Å². The highest BCUT2D eigenvalue weighted by atomic mass is 19.4. The first-order valence-corrected chi connectivity index (χ1v) is 11.0. The van der Waals surface area contributed by atoms with E-state index in [4.69, 9.17) is 0 Å². The Morgan fingerprint density at radius 2 is 1.82 bits per heavy atom. The molecule has 10 heteroatoms. The van der Waals surface area contributed by atoms with Crippen LogP contribution in [0.1, 0.15) is 46.1 Å². The molecule has 0 saturated heterocycles. The van der Waals surface area contributed by atoms with Gasteiger partial charge in [0.25, 0.3) is 5.91 Å². The minimum absolute atomic E-state index is 0.156. The van der Waals surface area contributed by atoms with Gasteiger partial charge in [0.1, 0.15) is 11.6 Å². The first kappa shape index (κ1) is 23.7. The van der Waals surface area contributed by atoms with Crippen LogP contribution >= 0.6 is 0 Å². The van der Waals surface area contributed by atoms with Crippen molar-refractivity contribution in [3.63, 3.8) is 0 Å². The zero-order valence-electron chi connectivity index (χ0n) is 19.0. The molecule has 180 valence electrons. The van der Waals surface area contributed by atoms with Gasteiger partial charge in [-0.1, -0.05) is 30.3 Å². The van der Waals surface area contributed by atoms with Gasteiger partial charge in [-0.15, -0.1) is 23.4 Å². The molecular formula is C24H26F3N5O2. The summed E-state index contributed by atoms with van der Waals surface area (Å²) in [5.74, 6) is 1.16. The number of halogens is 3. The number of nitrogens with zero attached hydrogens (tertiary/aromatic N) is 4. The molecule has 4 rings (SSSR count). The Morgan fingerprint density at radius 1 is 1.09 bits per heavy atom. The van der Waals surface area contributed by atoms with Crippen molar-refractivity contribution in [2.24, 2.45) is 0 Å². The normalized spacial score (nSPS) is 15.3. The number of hydrogen-bond acceptors (Lipinski definition) is 5. The van der Waals surface area contributed by atoms with Gasteiger partial charge in [-0.3, -0.25) is 9.69 Å². The predicted octanol–water partition coefficient (Wildman–Crippen LogP) is 4.03. The van der Waals surface area contributed by atoms with E-state index in [1.54, 1.807) is 18.2 Å². The molecule has 0 fully saturated rings. The quantitative estimate of drug-likeness (QED) is 0.585. The van der Waals surface area contributed by atoms with Gasteiger partial charge in [0.2, 0.25) is 0 Å². The standard InChI is InChI=1S/C24H26F3N5O2/c1-16-5-3-4-6-20(16)23(33)28-17(2)22-30-29-21-11-12-31(13-14-32(21)22)15-18-7-9-19(10-8-18)34-24(25,26)27/h3-10,17H,11-15H2,1-2H3,(H,28,33)/t17-/m0/s1. The second kappa shape index (κ2) is 9.84. The van der Waals surface area contributed by atoms with Crippen molar-refractivity contribution in [3.05, 3.63) is 76.9 Å². The lowest BCUT2D eigenvalue weighted by Crippen LogP contribution is -2.30. The summed E-state index contributed by atoms with van der Waals surface area (Å²) in [6, 6.07) is 13.0. The first-order chi connectivity index (χ1) is 16.2. The van der Waals surface area contributed by atoms with Crippen LogP contribution in [0.3, 0.4) is 0 Å². The predicted molar refractivity (Wildman–Crippen MR) is 119 cm³/mol. The number of ether oxygens (including phenoxy) is 1. The maximum atomic E-state index is 12.7. The van der Waals surface area contributed by atoms with Crippen molar-refractivity contribution >= 4 is 5.91 Å². The number of rotatable bonds is 6. The number of carbonyl (C=O) groups is 1.